The monoisotopic (exact) mass is 368 g/mol. The van der Waals surface area contributed by atoms with Gasteiger partial charge in [-0.2, -0.15) is 0 Å². The number of methoxy groups -OCH3 is 1. The second-order valence-corrected chi connectivity index (χ2v) is 7.64. The van der Waals surface area contributed by atoms with Gasteiger partial charge >= 0.3 is 0 Å². The van der Waals surface area contributed by atoms with Crippen LogP contribution in [0.4, 0.5) is 0 Å². The molecule has 1 aliphatic heterocycles. The summed E-state index contributed by atoms with van der Waals surface area (Å²) < 4.78 is 10.5. The molecule has 0 bridgehead atoms. The summed E-state index contributed by atoms with van der Waals surface area (Å²) in [5, 5.41) is 7.05. The number of aliphatic imine (C=N–C) groups is 1. The van der Waals surface area contributed by atoms with E-state index in [1.165, 1.54) is 64.5 Å². The number of rotatable bonds is 10. The zero-order valence-electron chi connectivity index (χ0n) is 17.0. The summed E-state index contributed by atoms with van der Waals surface area (Å²) in [6.07, 6.45) is 11.9. The molecule has 1 saturated heterocycles. The number of guanidine groups is 1. The second kappa shape index (κ2) is 12.5. The van der Waals surface area contributed by atoms with Gasteiger partial charge in [-0.25, -0.2) is 0 Å². The predicted octanol–water partition coefficient (Wildman–Crippen LogP) is 2.39. The molecule has 2 rings (SSSR count). The van der Waals surface area contributed by atoms with Crippen LogP contribution in [-0.2, 0) is 9.47 Å². The van der Waals surface area contributed by atoms with Crippen molar-refractivity contribution < 1.29 is 9.47 Å². The lowest BCUT2D eigenvalue weighted by molar-refractivity contribution is 0.0368. The minimum absolute atomic E-state index is 0.333. The number of hydrogen-bond donors (Lipinski definition) is 2. The normalized spacial score (nSPS) is 21.5. The molecular weight excluding hydrogens is 328 g/mol. The Kier molecular flexibility index (Phi) is 10.3. The fourth-order valence-electron chi connectivity index (χ4n) is 4.28. The van der Waals surface area contributed by atoms with Gasteiger partial charge in [0.05, 0.1) is 13.2 Å². The third-order valence-corrected chi connectivity index (χ3v) is 5.81. The third-order valence-electron chi connectivity index (χ3n) is 5.81. The lowest BCUT2D eigenvalue weighted by atomic mass is 9.79. The number of piperidine rings is 1. The molecule has 0 aromatic rings. The number of hydrogen-bond acceptors (Lipinski definition) is 4. The summed E-state index contributed by atoms with van der Waals surface area (Å²) >= 11 is 0. The van der Waals surface area contributed by atoms with E-state index in [1.54, 1.807) is 7.11 Å². The predicted molar refractivity (Wildman–Crippen MR) is 108 cm³/mol. The summed E-state index contributed by atoms with van der Waals surface area (Å²) in [6, 6.07) is 0. The molecule has 1 heterocycles. The van der Waals surface area contributed by atoms with E-state index >= 15 is 0 Å². The van der Waals surface area contributed by atoms with Crippen LogP contribution in [0.1, 0.15) is 57.8 Å². The Morgan fingerprint density at radius 1 is 0.962 bits per heavy atom. The Morgan fingerprint density at radius 2 is 1.69 bits per heavy atom. The number of ether oxygens (including phenoxy) is 2. The van der Waals surface area contributed by atoms with Gasteiger partial charge < -0.3 is 20.1 Å². The molecule has 2 N–H and O–H groups in total. The molecular formula is C20H40N4O2. The average molecular weight is 369 g/mol. The first-order valence-corrected chi connectivity index (χ1v) is 10.6. The van der Waals surface area contributed by atoms with E-state index in [-0.39, 0.29) is 0 Å². The van der Waals surface area contributed by atoms with Crippen LogP contribution in [0.5, 0.6) is 0 Å². The molecule has 0 aromatic carbocycles. The molecule has 152 valence electrons. The molecule has 0 unspecified atom stereocenters. The molecule has 0 atom stereocenters. The topological polar surface area (TPSA) is 58.1 Å². The van der Waals surface area contributed by atoms with Gasteiger partial charge in [-0.05, 0) is 45.2 Å². The van der Waals surface area contributed by atoms with Crippen molar-refractivity contribution in [2.75, 3.05) is 60.2 Å². The fraction of sp³-hybridized carbons (Fsp3) is 0.950. The van der Waals surface area contributed by atoms with Crippen LogP contribution in [0.3, 0.4) is 0 Å². The van der Waals surface area contributed by atoms with Crippen molar-refractivity contribution in [1.29, 1.82) is 0 Å². The highest BCUT2D eigenvalue weighted by molar-refractivity contribution is 5.79. The van der Waals surface area contributed by atoms with E-state index in [0.717, 1.165) is 32.1 Å². The third kappa shape index (κ3) is 7.05. The average Bonchev–Trinajstić information content (AvgIpc) is 2.71. The maximum absolute atomic E-state index is 5.51. The molecule has 2 aliphatic rings. The lowest BCUT2D eigenvalue weighted by Crippen LogP contribution is -2.59. The molecule has 2 fully saturated rings. The van der Waals surface area contributed by atoms with E-state index in [4.69, 9.17) is 9.47 Å². The Morgan fingerprint density at radius 3 is 2.38 bits per heavy atom. The summed E-state index contributed by atoms with van der Waals surface area (Å²) in [7, 11) is 3.56. The molecule has 1 aliphatic carbocycles. The van der Waals surface area contributed by atoms with Crippen molar-refractivity contribution in [3.8, 4) is 0 Å². The standard InChI is InChI=1S/C20H40N4O2/c1-21-19(22-12-9-15-26-17-16-25-2)23-18-20(10-5-3-6-11-20)24-13-7-4-8-14-24/h3-18H2,1-2H3,(H2,21,22,23). The van der Waals surface area contributed by atoms with Crippen molar-refractivity contribution in [1.82, 2.24) is 15.5 Å². The maximum atomic E-state index is 5.51. The fourth-order valence-corrected chi connectivity index (χ4v) is 4.28. The summed E-state index contributed by atoms with van der Waals surface area (Å²) in [6.45, 7) is 6.52. The SMILES string of the molecule is CN=C(NCCCOCCOC)NCC1(N2CCCCC2)CCCCC1. The second-order valence-electron chi connectivity index (χ2n) is 7.64. The summed E-state index contributed by atoms with van der Waals surface area (Å²) in [5.41, 5.74) is 0.333. The quantitative estimate of drug-likeness (QED) is 0.352. The van der Waals surface area contributed by atoms with Gasteiger partial charge in [0.25, 0.3) is 0 Å². The highest BCUT2D eigenvalue weighted by atomic mass is 16.5. The molecule has 0 radical (unpaired) electrons. The highest BCUT2D eigenvalue weighted by Crippen LogP contribution is 2.35. The van der Waals surface area contributed by atoms with E-state index in [2.05, 4.69) is 20.5 Å². The van der Waals surface area contributed by atoms with Gasteiger partial charge in [0, 0.05) is 39.4 Å². The van der Waals surface area contributed by atoms with Crippen LogP contribution in [-0.4, -0.2) is 76.6 Å². The van der Waals surface area contributed by atoms with Crippen molar-refractivity contribution in [2.24, 2.45) is 4.99 Å². The smallest absolute Gasteiger partial charge is 0.191 e. The number of nitrogens with zero attached hydrogens (tertiary/aromatic N) is 2. The van der Waals surface area contributed by atoms with Gasteiger partial charge in [0.1, 0.15) is 0 Å². The molecule has 1 saturated carbocycles. The Hall–Kier alpha value is -0.850. The van der Waals surface area contributed by atoms with Gasteiger partial charge in [-0.1, -0.05) is 25.7 Å². The van der Waals surface area contributed by atoms with Gasteiger partial charge in [-0.15, -0.1) is 0 Å². The lowest BCUT2D eigenvalue weighted by Gasteiger charge is -2.48. The molecule has 0 spiro atoms. The highest BCUT2D eigenvalue weighted by Gasteiger charge is 2.38. The van der Waals surface area contributed by atoms with Gasteiger partial charge in [-0.3, -0.25) is 9.89 Å². The number of likely N-dealkylation sites (tertiary alicyclic amines) is 1. The zero-order chi connectivity index (χ0) is 18.5. The summed E-state index contributed by atoms with van der Waals surface area (Å²) in [5.74, 6) is 0.920. The zero-order valence-corrected chi connectivity index (χ0v) is 17.0. The maximum Gasteiger partial charge on any atom is 0.191 e. The van der Waals surface area contributed by atoms with Crippen molar-refractivity contribution in [3.63, 3.8) is 0 Å². The molecule has 26 heavy (non-hydrogen) atoms. The van der Waals surface area contributed by atoms with E-state index in [0.29, 0.717) is 18.8 Å². The molecule has 6 nitrogen and oxygen atoms in total. The Bertz CT molecular complexity index is 391. The van der Waals surface area contributed by atoms with Crippen molar-refractivity contribution in [3.05, 3.63) is 0 Å². The first-order chi connectivity index (χ1) is 12.8. The minimum atomic E-state index is 0.333. The van der Waals surface area contributed by atoms with Gasteiger partial charge in [0.15, 0.2) is 5.96 Å². The summed E-state index contributed by atoms with van der Waals surface area (Å²) in [4.78, 5) is 7.19. The first-order valence-electron chi connectivity index (χ1n) is 10.6. The largest absolute Gasteiger partial charge is 0.382 e. The molecule has 0 amide bonds. The van der Waals surface area contributed by atoms with E-state index < -0.39 is 0 Å². The van der Waals surface area contributed by atoms with E-state index in [1.807, 2.05) is 7.05 Å². The van der Waals surface area contributed by atoms with Crippen LogP contribution >= 0.6 is 0 Å². The van der Waals surface area contributed by atoms with Crippen LogP contribution < -0.4 is 10.6 Å². The molecule has 0 aromatic heterocycles. The first kappa shape index (κ1) is 21.5. The van der Waals surface area contributed by atoms with Crippen molar-refractivity contribution >= 4 is 5.96 Å². The van der Waals surface area contributed by atoms with Gasteiger partial charge in [0.2, 0.25) is 0 Å². The van der Waals surface area contributed by atoms with E-state index in [9.17, 15) is 0 Å². The minimum Gasteiger partial charge on any atom is -0.382 e. The van der Waals surface area contributed by atoms with Crippen LogP contribution in [0.2, 0.25) is 0 Å². The van der Waals surface area contributed by atoms with Crippen LogP contribution in [0.25, 0.3) is 0 Å². The van der Waals surface area contributed by atoms with Crippen LogP contribution in [0, 0.1) is 0 Å². The number of nitrogens with one attached hydrogen (secondary N) is 2. The molecule has 6 heteroatoms. The Balaban J connectivity index is 1.73. The van der Waals surface area contributed by atoms with Crippen molar-refractivity contribution in [2.45, 2.75) is 63.3 Å². The van der Waals surface area contributed by atoms with Crippen LogP contribution in [0.15, 0.2) is 4.99 Å². The Labute approximate surface area is 160 Å².